The summed E-state index contributed by atoms with van der Waals surface area (Å²) in [6.07, 6.45) is -1.67. The van der Waals surface area contributed by atoms with Crippen LogP contribution in [0.3, 0.4) is 0 Å². The van der Waals surface area contributed by atoms with Crippen LogP contribution in [0, 0.1) is 0 Å². The first kappa shape index (κ1) is 15.1. The number of nitrogens with zero attached hydrogens (tertiary/aromatic N) is 2. The Hall–Kier alpha value is -2.31. The van der Waals surface area contributed by atoms with Crippen molar-refractivity contribution in [3.63, 3.8) is 0 Å². The molecule has 0 radical (unpaired) electrons. The average Bonchev–Trinajstić information content (AvgIpc) is 2.46. The molecule has 0 aliphatic heterocycles. The van der Waals surface area contributed by atoms with Crippen LogP contribution in [0.1, 0.15) is 41.4 Å². The Bertz CT molecular complexity index is 689. The van der Waals surface area contributed by atoms with Crippen LogP contribution in [0.4, 0.5) is 8.78 Å². The Labute approximate surface area is 120 Å². The fraction of sp³-hybridized carbons (Fsp3) is 0.357. The lowest BCUT2D eigenvalue weighted by atomic mass is 10.00. The standard InChI is InChI=1S/C14H15F2N3O2/c1-3-4-8-9-5-7(14(17)20)6-10(21-2)11(9)18-19-12(8)13(15)16/h5-6,13H,3-4H2,1-2H3,(H2,17,20). The Morgan fingerprint density at radius 1 is 1.38 bits per heavy atom. The van der Waals surface area contributed by atoms with Gasteiger partial charge in [0.1, 0.15) is 17.0 Å². The molecule has 2 rings (SSSR count). The van der Waals surface area contributed by atoms with Crippen molar-refractivity contribution in [1.29, 1.82) is 0 Å². The largest absolute Gasteiger partial charge is 0.494 e. The number of rotatable bonds is 5. The minimum Gasteiger partial charge on any atom is -0.494 e. The average molecular weight is 295 g/mol. The van der Waals surface area contributed by atoms with Crippen LogP contribution in [-0.4, -0.2) is 23.2 Å². The Morgan fingerprint density at radius 2 is 2.10 bits per heavy atom. The van der Waals surface area contributed by atoms with E-state index in [1.807, 2.05) is 6.92 Å². The van der Waals surface area contributed by atoms with Crippen LogP contribution in [-0.2, 0) is 6.42 Å². The Morgan fingerprint density at radius 3 is 2.62 bits per heavy atom. The number of halogens is 2. The third kappa shape index (κ3) is 2.76. The van der Waals surface area contributed by atoms with E-state index in [4.69, 9.17) is 10.5 Å². The van der Waals surface area contributed by atoms with Gasteiger partial charge in [-0.25, -0.2) is 8.78 Å². The SMILES string of the molecule is CCCc1c(C(F)F)nnc2c(OC)cc(C(N)=O)cc12. The molecule has 1 aromatic heterocycles. The molecule has 0 fully saturated rings. The van der Waals surface area contributed by atoms with Crippen molar-refractivity contribution < 1.29 is 18.3 Å². The first-order valence-electron chi connectivity index (χ1n) is 6.44. The zero-order valence-corrected chi connectivity index (χ0v) is 11.7. The first-order chi connectivity index (χ1) is 9.99. The van der Waals surface area contributed by atoms with E-state index >= 15 is 0 Å². The predicted molar refractivity (Wildman–Crippen MR) is 73.6 cm³/mol. The number of ether oxygens (including phenoxy) is 1. The van der Waals surface area contributed by atoms with Crippen LogP contribution in [0.5, 0.6) is 5.75 Å². The van der Waals surface area contributed by atoms with Gasteiger partial charge in [-0.3, -0.25) is 4.79 Å². The molecule has 1 amide bonds. The number of fused-ring (bicyclic) bond motifs is 1. The Kier molecular flexibility index (Phi) is 4.30. The van der Waals surface area contributed by atoms with Gasteiger partial charge in [0.25, 0.3) is 6.43 Å². The molecule has 1 heterocycles. The summed E-state index contributed by atoms with van der Waals surface area (Å²) in [5, 5.41) is 7.85. The fourth-order valence-electron chi connectivity index (χ4n) is 2.23. The molecule has 21 heavy (non-hydrogen) atoms. The number of hydrogen-bond acceptors (Lipinski definition) is 4. The lowest BCUT2D eigenvalue weighted by Gasteiger charge is -2.13. The monoisotopic (exact) mass is 295 g/mol. The summed E-state index contributed by atoms with van der Waals surface area (Å²) in [6.45, 7) is 1.87. The van der Waals surface area contributed by atoms with Crippen molar-refractivity contribution in [2.24, 2.45) is 5.73 Å². The van der Waals surface area contributed by atoms with Crippen molar-refractivity contribution in [1.82, 2.24) is 10.2 Å². The van der Waals surface area contributed by atoms with E-state index in [-0.39, 0.29) is 17.0 Å². The summed E-state index contributed by atoms with van der Waals surface area (Å²) in [4.78, 5) is 11.4. The van der Waals surface area contributed by atoms with E-state index in [9.17, 15) is 13.6 Å². The molecular weight excluding hydrogens is 280 g/mol. The smallest absolute Gasteiger partial charge is 0.282 e. The molecule has 1 aromatic carbocycles. The second-order valence-corrected chi connectivity index (χ2v) is 4.55. The molecule has 0 aliphatic carbocycles. The van der Waals surface area contributed by atoms with Crippen LogP contribution >= 0.6 is 0 Å². The summed E-state index contributed by atoms with van der Waals surface area (Å²) in [5.41, 5.74) is 5.81. The van der Waals surface area contributed by atoms with Gasteiger partial charge in [-0.05, 0) is 24.1 Å². The third-order valence-corrected chi connectivity index (χ3v) is 3.18. The van der Waals surface area contributed by atoms with Gasteiger partial charge < -0.3 is 10.5 Å². The van der Waals surface area contributed by atoms with E-state index in [1.165, 1.54) is 19.2 Å². The maximum atomic E-state index is 13.1. The maximum absolute atomic E-state index is 13.1. The highest BCUT2D eigenvalue weighted by Crippen LogP contribution is 2.32. The predicted octanol–water partition coefficient (Wildman–Crippen LogP) is 2.63. The van der Waals surface area contributed by atoms with Crippen molar-refractivity contribution in [3.8, 4) is 5.75 Å². The number of hydrogen-bond donors (Lipinski definition) is 1. The minimum absolute atomic E-state index is 0.185. The summed E-state index contributed by atoms with van der Waals surface area (Å²) >= 11 is 0. The molecule has 5 nitrogen and oxygen atoms in total. The highest BCUT2D eigenvalue weighted by molar-refractivity contribution is 5.99. The van der Waals surface area contributed by atoms with E-state index in [0.717, 1.165) is 0 Å². The van der Waals surface area contributed by atoms with Gasteiger partial charge in [-0.15, -0.1) is 10.2 Å². The molecule has 7 heteroatoms. The molecule has 0 saturated heterocycles. The second-order valence-electron chi connectivity index (χ2n) is 4.55. The number of carbonyl (C=O) groups is 1. The highest BCUT2D eigenvalue weighted by atomic mass is 19.3. The summed E-state index contributed by atoms with van der Waals surface area (Å²) in [7, 11) is 1.40. The third-order valence-electron chi connectivity index (χ3n) is 3.18. The van der Waals surface area contributed by atoms with Gasteiger partial charge in [0.2, 0.25) is 5.91 Å². The second kappa shape index (κ2) is 5.99. The number of carbonyl (C=O) groups excluding carboxylic acids is 1. The number of primary amides is 1. The summed E-state index contributed by atoms with van der Waals surface area (Å²) in [5.74, 6) is -0.375. The van der Waals surface area contributed by atoms with Crippen LogP contribution in [0.15, 0.2) is 12.1 Å². The molecule has 0 unspecified atom stereocenters. The van der Waals surface area contributed by atoms with Gasteiger partial charge in [-0.2, -0.15) is 0 Å². The van der Waals surface area contributed by atoms with Gasteiger partial charge in [0.05, 0.1) is 7.11 Å². The molecule has 0 atom stereocenters. The zero-order valence-electron chi connectivity index (χ0n) is 11.7. The number of amides is 1. The normalized spacial score (nSPS) is 11.1. The molecule has 0 saturated carbocycles. The fourth-order valence-corrected chi connectivity index (χ4v) is 2.23. The van der Waals surface area contributed by atoms with Crippen LogP contribution < -0.4 is 10.5 Å². The quantitative estimate of drug-likeness (QED) is 0.919. The van der Waals surface area contributed by atoms with Gasteiger partial charge in [0.15, 0.2) is 0 Å². The molecule has 112 valence electrons. The van der Waals surface area contributed by atoms with Crippen molar-refractivity contribution in [2.75, 3.05) is 7.11 Å². The number of aromatic nitrogens is 2. The van der Waals surface area contributed by atoms with Crippen molar-refractivity contribution >= 4 is 16.8 Å². The molecule has 0 spiro atoms. The van der Waals surface area contributed by atoms with Gasteiger partial charge in [0, 0.05) is 10.9 Å². The van der Waals surface area contributed by atoms with E-state index < -0.39 is 12.3 Å². The number of aryl methyl sites for hydroxylation is 1. The zero-order chi connectivity index (χ0) is 15.6. The number of benzene rings is 1. The van der Waals surface area contributed by atoms with Gasteiger partial charge >= 0.3 is 0 Å². The van der Waals surface area contributed by atoms with E-state index in [0.29, 0.717) is 29.3 Å². The summed E-state index contributed by atoms with van der Waals surface area (Å²) in [6, 6.07) is 2.89. The molecule has 0 aliphatic rings. The highest BCUT2D eigenvalue weighted by Gasteiger charge is 2.21. The van der Waals surface area contributed by atoms with Crippen molar-refractivity contribution in [3.05, 3.63) is 29.0 Å². The van der Waals surface area contributed by atoms with Crippen LogP contribution in [0.2, 0.25) is 0 Å². The number of methoxy groups -OCH3 is 1. The van der Waals surface area contributed by atoms with E-state index in [2.05, 4.69) is 10.2 Å². The lowest BCUT2D eigenvalue weighted by Crippen LogP contribution is -2.12. The van der Waals surface area contributed by atoms with E-state index in [1.54, 1.807) is 0 Å². The first-order valence-corrected chi connectivity index (χ1v) is 6.44. The molecule has 2 N–H and O–H groups in total. The lowest BCUT2D eigenvalue weighted by molar-refractivity contribution is 0.1000. The van der Waals surface area contributed by atoms with Gasteiger partial charge in [-0.1, -0.05) is 13.3 Å². The Balaban J connectivity index is 2.85. The van der Waals surface area contributed by atoms with Crippen LogP contribution in [0.25, 0.3) is 10.9 Å². The maximum Gasteiger partial charge on any atom is 0.282 e. The number of nitrogens with two attached hydrogens (primary N) is 1. The minimum atomic E-state index is -2.73. The summed E-state index contributed by atoms with van der Waals surface area (Å²) < 4.78 is 31.3. The molecule has 0 bridgehead atoms. The van der Waals surface area contributed by atoms with Crippen molar-refractivity contribution in [2.45, 2.75) is 26.2 Å². The molecular formula is C14H15F2N3O2. The number of alkyl halides is 2. The molecule has 2 aromatic rings. The topological polar surface area (TPSA) is 78.1 Å².